The van der Waals surface area contributed by atoms with E-state index in [0.29, 0.717) is 11.5 Å². The van der Waals surface area contributed by atoms with E-state index in [0.717, 1.165) is 5.69 Å². The Balaban J connectivity index is 2.33. The zero-order valence-corrected chi connectivity index (χ0v) is 11.4. The van der Waals surface area contributed by atoms with E-state index in [1.807, 2.05) is 0 Å². The van der Waals surface area contributed by atoms with Crippen molar-refractivity contribution < 1.29 is 8.42 Å². The molecule has 1 aromatic heterocycles. The van der Waals surface area contributed by atoms with E-state index in [4.69, 9.17) is 5.73 Å². The van der Waals surface area contributed by atoms with Crippen molar-refractivity contribution in [2.24, 2.45) is 0 Å². The molecule has 0 aliphatic carbocycles. The number of rotatable bonds is 3. The molecule has 0 atom stereocenters. The van der Waals surface area contributed by atoms with Gasteiger partial charge < -0.3 is 11.1 Å². The molecule has 100 valence electrons. The van der Waals surface area contributed by atoms with Gasteiger partial charge in [-0.3, -0.25) is 0 Å². The van der Waals surface area contributed by atoms with E-state index in [1.165, 1.54) is 6.26 Å². The fourth-order valence-corrected chi connectivity index (χ4v) is 2.27. The van der Waals surface area contributed by atoms with Crippen LogP contribution in [0, 0.1) is 6.92 Å². The summed E-state index contributed by atoms with van der Waals surface area (Å²) in [5, 5.41) is 3.00. The summed E-state index contributed by atoms with van der Waals surface area (Å²) in [7, 11) is -3.23. The molecule has 0 saturated heterocycles. The Hall–Kier alpha value is -2.15. The molecular weight excluding hydrogens is 264 g/mol. The van der Waals surface area contributed by atoms with E-state index in [9.17, 15) is 8.42 Å². The molecule has 1 aromatic carbocycles. The van der Waals surface area contributed by atoms with Crippen molar-refractivity contribution in [2.75, 3.05) is 17.3 Å². The second-order valence-corrected chi connectivity index (χ2v) is 6.19. The van der Waals surface area contributed by atoms with E-state index in [2.05, 4.69) is 15.3 Å². The van der Waals surface area contributed by atoms with Crippen molar-refractivity contribution >= 4 is 27.3 Å². The van der Waals surface area contributed by atoms with Gasteiger partial charge in [0.15, 0.2) is 9.84 Å². The van der Waals surface area contributed by atoms with Gasteiger partial charge in [0.1, 0.15) is 5.82 Å². The van der Waals surface area contributed by atoms with Gasteiger partial charge in [0, 0.05) is 23.7 Å². The average molecular weight is 278 g/mol. The lowest BCUT2D eigenvalue weighted by atomic mass is 10.3. The molecular formula is C12H14N4O2S. The summed E-state index contributed by atoms with van der Waals surface area (Å²) in [6.07, 6.45) is 1.17. The van der Waals surface area contributed by atoms with Crippen molar-refractivity contribution in [2.45, 2.75) is 11.8 Å². The highest BCUT2D eigenvalue weighted by Gasteiger charge is 2.08. The van der Waals surface area contributed by atoms with Crippen LogP contribution in [0.1, 0.15) is 5.69 Å². The number of aromatic nitrogens is 2. The second kappa shape index (κ2) is 4.85. The molecule has 0 aliphatic heterocycles. The normalized spacial score (nSPS) is 11.3. The molecule has 0 spiro atoms. The summed E-state index contributed by atoms with van der Waals surface area (Å²) in [6, 6.07) is 8.23. The zero-order chi connectivity index (χ0) is 14.0. The summed E-state index contributed by atoms with van der Waals surface area (Å²) in [4.78, 5) is 8.24. The predicted molar refractivity (Wildman–Crippen MR) is 74.0 cm³/mol. The van der Waals surface area contributed by atoms with Gasteiger partial charge in [0.25, 0.3) is 0 Å². The molecule has 0 aliphatic rings. The Morgan fingerprint density at radius 2 is 1.95 bits per heavy atom. The molecule has 2 aromatic rings. The smallest absolute Gasteiger partial charge is 0.222 e. The van der Waals surface area contributed by atoms with Gasteiger partial charge in [-0.2, -0.15) is 4.98 Å². The molecule has 3 N–H and O–H groups in total. The minimum absolute atomic E-state index is 0.168. The standard InChI is InChI=1S/C12H14N4O2S/c1-8-6-11(16-12(13)14-8)15-9-4-3-5-10(7-9)19(2,17)18/h3-7H,1-2H3,(H3,13,14,15,16). The van der Waals surface area contributed by atoms with Crippen LogP contribution in [0.25, 0.3) is 0 Å². The maximum absolute atomic E-state index is 11.5. The number of aryl methyl sites for hydroxylation is 1. The van der Waals surface area contributed by atoms with Gasteiger partial charge in [-0.25, -0.2) is 13.4 Å². The topological polar surface area (TPSA) is 98.0 Å². The first-order chi connectivity index (χ1) is 8.84. The zero-order valence-electron chi connectivity index (χ0n) is 10.6. The maximum atomic E-state index is 11.5. The molecule has 0 unspecified atom stereocenters. The quantitative estimate of drug-likeness (QED) is 0.883. The summed E-state index contributed by atoms with van der Waals surface area (Å²) >= 11 is 0. The van der Waals surface area contributed by atoms with Crippen LogP contribution < -0.4 is 11.1 Å². The molecule has 0 saturated carbocycles. The first-order valence-corrected chi connectivity index (χ1v) is 7.42. The Bertz CT molecular complexity index is 693. The van der Waals surface area contributed by atoms with Gasteiger partial charge >= 0.3 is 0 Å². The third kappa shape index (κ3) is 3.41. The number of nitrogens with one attached hydrogen (secondary N) is 1. The van der Waals surface area contributed by atoms with Crippen molar-refractivity contribution in [3.8, 4) is 0 Å². The molecule has 1 heterocycles. The molecule has 19 heavy (non-hydrogen) atoms. The van der Waals surface area contributed by atoms with Crippen molar-refractivity contribution in [1.29, 1.82) is 0 Å². The highest BCUT2D eigenvalue weighted by Crippen LogP contribution is 2.19. The largest absolute Gasteiger partial charge is 0.368 e. The van der Waals surface area contributed by atoms with E-state index in [1.54, 1.807) is 37.3 Å². The molecule has 0 radical (unpaired) electrons. The Kier molecular flexibility index (Phi) is 3.39. The van der Waals surface area contributed by atoms with Gasteiger partial charge in [-0.05, 0) is 25.1 Å². The second-order valence-electron chi connectivity index (χ2n) is 4.18. The monoisotopic (exact) mass is 278 g/mol. The third-order valence-corrected chi connectivity index (χ3v) is 3.52. The van der Waals surface area contributed by atoms with E-state index < -0.39 is 9.84 Å². The lowest BCUT2D eigenvalue weighted by Crippen LogP contribution is -2.02. The summed E-state index contributed by atoms with van der Waals surface area (Å²) in [6.45, 7) is 1.80. The molecule has 7 heteroatoms. The lowest BCUT2D eigenvalue weighted by Gasteiger charge is -2.08. The third-order valence-electron chi connectivity index (χ3n) is 2.41. The summed E-state index contributed by atoms with van der Waals surface area (Å²) in [5.41, 5.74) is 6.91. The first-order valence-electron chi connectivity index (χ1n) is 5.53. The van der Waals surface area contributed by atoms with Gasteiger partial charge in [-0.1, -0.05) is 6.07 Å². The van der Waals surface area contributed by atoms with E-state index in [-0.39, 0.29) is 10.8 Å². The van der Waals surface area contributed by atoms with Crippen LogP contribution in [0.15, 0.2) is 35.2 Å². The molecule has 0 fully saturated rings. The molecule has 2 rings (SSSR count). The number of hydrogen-bond donors (Lipinski definition) is 2. The minimum Gasteiger partial charge on any atom is -0.368 e. The number of nitrogen functional groups attached to an aromatic ring is 1. The summed E-state index contributed by atoms with van der Waals surface area (Å²) < 4.78 is 22.9. The van der Waals surface area contributed by atoms with Gasteiger partial charge in [0.2, 0.25) is 5.95 Å². The minimum atomic E-state index is -3.23. The van der Waals surface area contributed by atoms with Gasteiger partial charge in [0.05, 0.1) is 4.90 Å². The van der Waals surface area contributed by atoms with Crippen LogP contribution in [0.4, 0.5) is 17.5 Å². The van der Waals surface area contributed by atoms with Crippen molar-refractivity contribution in [3.05, 3.63) is 36.0 Å². The first kappa shape index (κ1) is 13.3. The number of hydrogen-bond acceptors (Lipinski definition) is 6. The lowest BCUT2D eigenvalue weighted by molar-refractivity contribution is 0.602. The Labute approximate surface area is 111 Å². The fraction of sp³-hybridized carbons (Fsp3) is 0.167. The number of nitrogens with zero attached hydrogens (tertiary/aromatic N) is 2. The number of sulfone groups is 1. The van der Waals surface area contributed by atoms with Crippen LogP contribution in [0.2, 0.25) is 0 Å². The molecule has 6 nitrogen and oxygen atoms in total. The summed E-state index contributed by atoms with van der Waals surface area (Å²) in [5.74, 6) is 0.692. The maximum Gasteiger partial charge on any atom is 0.222 e. The Morgan fingerprint density at radius 1 is 1.21 bits per heavy atom. The van der Waals surface area contributed by atoms with Crippen molar-refractivity contribution in [3.63, 3.8) is 0 Å². The number of nitrogens with two attached hydrogens (primary N) is 1. The highest BCUT2D eigenvalue weighted by molar-refractivity contribution is 7.90. The SMILES string of the molecule is Cc1cc(Nc2cccc(S(C)(=O)=O)c2)nc(N)n1. The highest BCUT2D eigenvalue weighted by atomic mass is 32.2. The van der Waals surface area contributed by atoms with Crippen LogP contribution in [-0.2, 0) is 9.84 Å². The van der Waals surface area contributed by atoms with Crippen molar-refractivity contribution in [1.82, 2.24) is 9.97 Å². The average Bonchev–Trinajstić information content (AvgIpc) is 2.26. The fourth-order valence-electron chi connectivity index (χ4n) is 1.61. The molecule has 0 amide bonds. The number of benzene rings is 1. The predicted octanol–water partition coefficient (Wildman–Crippen LogP) is 1.51. The number of anilines is 3. The van der Waals surface area contributed by atoms with Crippen LogP contribution in [0.3, 0.4) is 0 Å². The van der Waals surface area contributed by atoms with Crippen LogP contribution in [0.5, 0.6) is 0 Å². The van der Waals surface area contributed by atoms with Crippen LogP contribution in [-0.4, -0.2) is 24.6 Å². The van der Waals surface area contributed by atoms with E-state index >= 15 is 0 Å². The molecule has 0 bridgehead atoms. The van der Waals surface area contributed by atoms with Crippen LogP contribution >= 0.6 is 0 Å². The van der Waals surface area contributed by atoms with Gasteiger partial charge in [-0.15, -0.1) is 0 Å². The Morgan fingerprint density at radius 3 is 2.58 bits per heavy atom.